The van der Waals surface area contributed by atoms with Crippen molar-refractivity contribution in [1.82, 2.24) is 0 Å². The van der Waals surface area contributed by atoms with E-state index in [2.05, 4.69) is 0 Å². The smallest absolute Gasteiger partial charge is 0.428 e. The number of nitrogens with zero attached hydrogens (tertiary/aromatic N) is 1. The van der Waals surface area contributed by atoms with Crippen LogP contribution in [-0.2, 0) is 10.3 Å². The Morgan fingerprint density at radius 3 is 1.70 bits per heavy atom. The lowest BCUT2D eigenvalue weighted by Gasteiger charge is -2.27. The normalized spacial score (nSPS) is 11.5. The SMILES string of the molecule is COc1cccc(OC)c1OS(=O)(=O)N(C(=O)O)c1c(C(C)C)cccc1C(C)C. The fraction of sp³-hybridized carbons (Fsp3) is 0.381. The van der Waals surface area contributed by atoms with E-state index in [0.29, 0.717) is 11.1 Å². The Hall–Kier alpha value is -2.94. The van der Waals surface area contributed by atoms with Crippen molar-refractivity contribution in [3.8, 4) is 17.2 Å². The highest BCUT2D eigenvalue weighted by atomic mass is 32.2. The van der Waals surface area contributed by atoms with Crippen molar-refractivity contribution in [3.63, 3.8) is 0 Å². The van der Waals surface area contributed by atoms with Gasteiger partial charge in [-0.3, -0.25) is 0 Å². The van der Waals surface area contributed by atoms with Crippen LogP contribution < -0.4 is 18.0 Å². The van der Waals surface area contributed by atoms with Crippen molar-refractivity contribution >= 4 is 22.1 Å². The van der Waals surface area contributed by atoms with Gasteiger partial charge in [-0.1, -0.05) is 52.0 Å². The largest absolute Gasteiger partial charge is 0.493 e. The molecule has 0 heterocycles. The summed E-state index contributed by atoms with van der Waals surface area (Å²) in [4.78, 5) is 12.2. The predicted octanol–water partition coefficient (Wildman–Crippen LogP) is 4.76. The van der Waals surface area contributed by atoms with Crippen LogP contribution in [-0.4, -0.2) is 33.8 Å². The van der Waals surface area contributed by atoms with Gasteiger partial charge in [-0.15, -0.1) is 4.31 Å². The number of para-hydroxylation sites is 2. The first-order valence-corrected chi connectivity index (χ1v) is 10.7. The second kappa shape index (κ2) is 9.25. The van der Waals surface area contributed by atoms with E-state index >= 15 is 0 Å². The van der Waals surface area contributed by atoms with Crippen molar-refractivity contribution in [1.29, 1.82) is 0 Å². The molecule has 2 rings (SSSR count). The fourth-order valence-corrected chi connectivity index (χ4v) is 4.17. The predicted molar refractivity (Wildman–Crippen MR) is 114 cm³/mol. The number of carboxylic acid groups (broad SMARTS) is 1. The van der Waals surface area contributed by atoms with Gasteiger partial charge in [0.05, 0.1) is 19.9 Å². The van der Waals surface area contributed by atoms with E-state index in [1.54, 1.807) is 24.3 Å². The van der Waals surface area contributed by atoms with Gasteiger partial charge in [-0.05, 0) is 35.1 Å². The molecule has 2 aromatic carbocycles. The third-order valence-corrected chi connectivity index (χ3v) is 5.68. The third kappa shape index (κ3) is 4.62. The maximum atomic E-state index is 13.2. The zero-order chi connectivity index (χ0) is 22.6. The van der Waals surface area contributed by atoms with E-state index in [4.69, 9.17) is 13.7 Å². The summed E-state index contributed by atoms with van der Waals surface area (Å²) in [5, 5.41) is 9.91. The lowest BCUT2D eigenvalue weighted by atomic mass is 9.93. The number of rotatable bonds is 8. The highest BCUT2D eigenvalue weighted by Crippen LogP contribution is 2.41. The summed E-state index contributed by atoms with van der Waals surface area (Å²) in [6.07, 6.45) is -1.68. The van der Waals surface area contributed by atoms with Crippen LogP contribution >= 0.6 is 0 Å². The van der Waals surface area contributed by atoms with E-state index in [0.717, 1.165) is 0 Å². The van der Waals surface area contributed by atoms with Crippen molar-refractivity contribution < 1.29 is 32.0 Å². The van der Waals surface area contributed by atoms with Crippen LogP contribution in [0.2, 0.25) is 0 Å². The van der Waals surface area contributed by atoms with Gasteiger partial charge in [0.15, 0.2) is 11.5 Å². The molecule has 164 valence electrons. The molecular formula is C21H27NO7S. The van der Waals surface area contributed by atoms with Crippen molar-refractivity contribution in [2.24, 2.45) is 0 Å². The fourth-order valence-electron chi connectivity index (χ4n) is 3.09. The standard InChI is InChI=1S/C21H27NO7S/c1-13(2)15-9-7-10-16(14(3)4)19(15)22(21(23)24)30(25,26)29-20-17(27-5)11-8-12-18(20)28-6/h7-14H,1-6H3,(H,23,24). The lowest BCUT2D eigenvalue weighted by Crippen LogP contribution is -2.40. The van der Waals surface area contributed by atoms with Crippen LogP contribution in [0.5, 0.6) is 17.2 Å². The van der Waals surface area contributed by atoms with E-state index in [-0.39, 0.29) is 39.1 Å². The molecule has 1 amide bonds. The average molecular weight is 438 g/mol. The lowest BCUT2D eigenvalue weighted by molar-refractivity contribution is 0.205. The first-order valence-electron chi connectivity index (χ1n) is 9.36. The number of amides is 1. The van der Waals surface area contributed by atoms with Crippen molar-refractivity contribution in [3.05, 3.63) is 47.5 Å². The first-order chi connectivity index (χ1) is 14.0. The van der Waals surface area contributed by atoms with Gasteiger partial charge in [-0.25, -0.2) is 4.79 Å². The van der Waals surface area contributed by atoms with Gasteiger partial charge in [-0.2, -0.15) is 8.42 Å². The summed E-state index contributed by atoms with van der Waals surface area (Å²) in [5.41, 5.74) is 1.22. The molecule has 0 saturated heterocycles. The number of hydrogen-bond acceptors (Lipinski definition) is 6. The van der Waals surface area contributed by atoms with E-state index in [9.17, 15) is 18.3 Å². The van der Waals surface area contributed by atoms with Crippen LogP contribution in [0.3, 0.4) is 0 Å². The minimum atomic E-state index is -4.83. The maximum Gasteiger partial charge on any atom is 0.428 e. The van der Waals surface area contributed by atoms with Crippen LogP contribution in [0.15, 0.2) is 36.4 Å². The van der Waals surface area contributed by atoms with E-state index in [1.165, 1.54) is 26.4 Å². The Morgan fingerprint density at radius 2 is 1.33 bits per heavy atom. The molecule has 0 aromatic heterocycles. The average Bonchev–Trinajstić information content (AvgIpc) is 2.67. The number of anilines is 1. The Kier molecular flexibility index (Phi) is 7.20. The number of methoxy groups -OCH3 is 2. The molecule has 0 fully saturated rings. The number of benzene rings is 2. The molecule has 0 aliphatic rings. The van der Waals surface area contributed by atoms with Gasteiger partial charge in [0.2, 0.25) is 5.75 Å². The highest BCUT2D eigenvalue weighted by Gasteiger charge is 2.37. The molecule has 0 unspecified atom stereocenters. The molecule has 1 N–H and O–H groups in total. The van der Waals surface area contributed by atoms with Gasteiger partial charge in [0, 0.05) is 0 Å². The summed E-state index contributed by atoms with van der Waals surface area (Å²) in [7, 11) is -2.15. The molecule has 2 aromatic rings. The zero-order valence-corrected chi connectivity index (χ0v) is 18.7. The number of carbonyl (C=O) groups is 1. The molecule has 0 radical (unpaired) electrons. The van der Waals surface area contributed by atoms with Crippen LogP contribution in [0.1, 0.15) is 50.7 Å². The second-order valence-corrected chi connectivity index (χ2v) is 8.56. The molecule has 0 spiro atoms. The number of hydrogen-bond donors (Lipinski definition) is 1. The summed E-state index contributed by atoms with van der Waals surface area (Å²) in [6, 6.07) is 9.77. The first kappa shape index (κ1) is 23.3. The molecule has 0 saturated carbocycles. The second-order valence-electron chi connectivity index (χ2n) is 7.17. The Morgan fingerprint density at radius 1 is 0.900 bits per heavy atom. The molecule has 30 heavy (non-hydrogen) atoms. The topological polar surface area (TPSA) is 102 Å². The van der Waals surface area contributed by atoms with Crippen molar-refractivity contribution in [2.75, 3.05) is 18.5 Å². The molecular weight excluding hydrogens is 410 g/mol. The van der Waals surface area contributed by atoms with Gasteiger partial charge < -0.3 is 18.8 Å². The Balaban J connectivity index is 2.73. The highest BCUT2D eigenvalue weighted by molar-refractivity contribution is 7.89. The van der Waals surface area contributed by atoms with Gasteiger partial charge >= 0.3 is 16.4 Å². The Labute approximate surface area is 177 Å². The monoisotopic (exact) mass is 437 g/mol. The zero-order valence-electron chi connectivity index (χ0n) is 17.9. The minimum absolute atomic E-state index is 0.0730. The molecule has 9 heteroatoms. The molecule has 0 bridgehead atoms. The summed E-state index contributed by atoms with van der Waals surface area (Å²) >= 11 is 0. The van der Waals surface area contributed by atoms with Crippen LogP contribution in [0, 0.1) is 0 Å². The van der Waals surface area contributed by atoms with Crippen LogP contribution in [0.25, 0.3) is 0 Å². The van der Waals surface area contributed by atoms with Crippen molar-refractivity contribution in [2.45, 2.75) is 39.5 Å². The summed E-state index contributed by atoms with van der Waals surface area (Å²) < 4.78 is 42.4. The minimum Gasteiger partial charge on any atom is -0.493 e. The third-order valence-electron chi connectivity index (χ3n) is 4.51. The molecule has 0 aliphatic carbocycles. The molecule has 8 nitrogen and oxygen atoms in total. The number of ether oxygens (including phenoxy) is 2. The van der Waals surface area contributed by atoms with Crippen LogP contribution in [0.4, 0.5) is 10.5 Å². The van der Waals surface area contributed by atoms with Gasteiger partial charge in [0.1, 0.15) is 0 Å². The summed E-state index contributed by atoms with van der Waals surface area (Å²) in [6.45, 7) is 7.44. The van der Waals surface area contributed by atoms with Gasteiger partial charge in [0.25, 0.3) is 0 Å². The molecule has 0 atom stereocenters. The van der Waals surface area contributed by atoms with E-state index in [1.807, 2.05) is 27.7 Å². The summed E-state index contributed by atoms with van der Waals surface area (Å²) in [5.74, 6) is -0.316. The maximum absolute atomic E-state index is 13.2. The quantitative estimate of drug-likeness (QED) is 0.635. The van der Waals surface area contributed by atoms with E-state index < -0.39 is 16.4 Å². The Bertz CT molecular complexity index is 968. The molecule has 0 aliphatic heterocycles.